The van der Waals surface area contributed by atoms with Gasteiger partial charge in [-0.25, -0.2) is 0 Å². The van der Waals surface area contributed by atoms with Gasteiger partial charge >= 0.3 is 0 Å². The summed E-state index contributed by atoms with van der Waals surface area (Å²) < 4.78 is 0. The number of carbonyl (C=O) groups is 1. The lowest BCUT2D eigenvalue weighted by Gasteiger charge is -2.55. The van der Waals surface area contributed by atoms with Crippen molar-refractivity contribution in [1.29, 1.82) is 0 Å². The zero-order valence-electron chi connectivity index (χ0n) is 12.2. The number of anilines is 1. The van der Waals surface area contributed by atoms with E-state index in [1.54, 1.807) is 4.90 Å². The van der Waals surface area contributed by atoms with Crippen molar-refractivity contribution in [3.63, 3.8) is 0 Å². The Labute approximate surface area is 124 Å². The van der Waals surface area contributed by atoms with Crippen molar-refractivity contribution < 1.29 is 9.90 Å². The van der Waals surface area contributed by atoms with Crippen LogP contribution in [0, 0.1) is 5.92 Å². The summed E-state index contributed by atoms with van der Waals surface area (Å²) in [6.45, 7) is 3.77. The van der Waals surface area contributed by atoms with Crippen LogP contribution < -0.4 is 4.90 Å². The van der Waals surface area contributed by atoms with E-state index in [9.17, 15) is 9.90 Å². The van der Waals surface area contributed by atoms with Crippen molar-refractivity contribution in [2.24, 2.45) is 5.92 Å². The average molecular weight is 281 g/mol. The topological polar surface area (TPSA) is 40.5 Å². The Morgan fingerprint density at radius 2 is 1.52 bits per heavy atom. The number of hydrogen-bond acceptors (Lipinski definition) is 2. The van der Waals surface area contributed by atoms with Crippen LogP contribution in [0.2, 0.25) is 0 Å². The van der Waals surface area contributed by atoms with E-state index in [1.807, 2.05) is 74.5 Å². The van der Waals surface area contributed by atoms with Crippen molar-refractivity contribution in [2.75, 3.05) is 4.90 Å². The van der Waals surface area contributed by atoms with Crippen LogP contribution in [-0.2, 0) is 4.79 Å². The largest absolute Gasteiger partial charge is 0.377 e. The maximum atomic E-state index is 12.6. The molecule has 0 bridgehead atoms. The first-order chi connectivity index (χ1) is 10.1. The van der Waals surface area contributed by atoms with E-state index < -0.39 is 5.60 Å². The second-order valence-electron chi connectivity index (χ2n) is 5.80. The van der Waals surface area contributed by atoms with E-state index in [0.29, 0.717) is 0 Å². The van der Waals surface area contributed by atoms with E-state index in [4.69, 9.17) is 0 Å². The van der Waals surface area contributed by atoms with Crippen molar-refractivity contribution in [2.45, 2.75) is 25.5 Å². The molecule has 1 saturated heterocycles. The third-order valence-electron chi connectivity index (χ3n) is 4.27. The molecule has 1 amide bonds. The molecule has 108 valence electrons. The van der Waals surface area contributed by atoms with Crippen LogP contribution >= 0.6 is 0 Å². The van der Waals surface area contributed by atoms with Gasteiger partial charge in [-0.05, 0) is 23.6 Å². The van der Waals surface area contributed by atoms with Crippen LogP contribution in [-0.4, -0.2) is 16.6 Å². The SMILES string of the molecule is CC(C)[C@@]1(O)C(=O)N(c2ccccc2)[C@@H]1c1ccccc1. The number of amides is 1. The third kappa shape index (κ3) is 1.96. The number of benzene rings is 2. The highest BCUT2D eigenvalue weighted by molar-refractivity contribution is 6.08. The van der Waals surface area contributed by atoms with Gasteiger partial charge in [-0.1, -0.05) is 62.4 Å². The molecule has 0 radical (unpaired) electrons. The van der Waals surface area contributed by atoms with Gasteiger partial charge in [0.15, 0.2) is 5.60 Å². The summed E-state index contributed by atoms with van der Waals surface area (Å²) in [5, 5.41) is 10.9. The molecule has 0 spiro atoms. The Morgan fingerprint density at radius 3 is 2.05 bits per heavy atom. The maximum absolute atomic E-state index is 12.6. The standard InChI is InChI=1S/C18H19NO2/c1-13(2)18(21)16(14-9-5-3-6-10-14)19(17(18)20)15-11-7-4-8-12-15/h3-13,16,21H,1-2H3/t16-,18+/m1/s1. The normalized spacial score (nSPS) is 25.0. The molecule has 0 aliphatic carbocycles. The number of carbonyl (C=O) groups excluding carboxylic acids is 1. The van der Waals surface area contributed by atoms with E-state index >= 15 is 0 Å². The average Bonchev–Trinajstić information content (AvgIpc) is 2.52. The molecule has 1 fully saturated rings. The van der Waals surface area contributed by atoms with Gasteiger partial charge < -0.3 is 5.11 Å². The fourth-order valence-corrected chi connectivity index (χ4v) is 3.01. The number of β-lactam (4-membered cyclic amide) rings is 1. The molecule has 2 aromatic rings. The Hall–Kier alpha value is -2.13. The van der Waals surface area contributed by atoms with Crippen LogP contribution in [0.1, 0.15) is 25.5 Å². The summed E-state index contributed by atoms with van der Waals surface area (Å²) in [5.41, 5.74) is 0.441. The van der Waals surface area contributed by atoms with Crippen LogP contribution in [0.4, 0.5) is 5.69 Å². The minimum atomic E-state index is -1.34. The third-order valence-corrected chi connectivity index (χ3v) is 4.27. The molecular formula is C18H19NO2. The smallest absolute Gasteiger partial charge is 0.262 e. The molecule has 0 aromatic heterocycles. The van der Waals surface area contributed by atoms with Crippen LogP contribution in [0.15, 0.2) is 60.7 Å². The molecule has 1 N–H and O–H groups in total. The molecule has 1 heterocycles. The second-order valence-corrected chi connectivity index (χ2v) is 5.80. The van der Waals surface area contributed by atoms with Crippen molar-refractivity contribution in [3.05, 3.63) is 66.2 Å². The van der Waals surface area contributed by atoms with Gasteiger partial charge in [0.05, 0.1) is 0 Å². The Balaban J connectivity index is 2.07. The Kier molecular flexibility index (Phi) is 3.30. The van der Waals surface area contributed by atoms with E-state index in [2.05, 4.69) is 0 Å². The molecule has 3 nitrogen and oxygen atoms in total. The number of hydrogen-bond donors (Lipinski definition) is 1. The highest BCUT2D eigenvalue weighted by Gasteiger charge is 2.62. The van der Waals surface area contributed by atoms with Crippen LogP contribution in [0.5, 0.6) is 0 Å². The molecule has 2 atom stereocenters. The number of aliphatic hydroxyl groups is 1. The van der Waals surface area contributed by atoms with Crippen molar-refractivity contribution >= 4 is 11.6 Å². The molecule has 3 heteroatoms. The van der Waals surface area contributed by atoms with Crippen LogP contribution in [0.25, 0.3) is 0 Å². The van der Waals surface area contributed by atoms with Gasteiger partial charge in [-0.2, -0.15) is 0 Å². The van der Waals surface area contributed by atoms with Crippen LogP contribution in [0.3, 0.4) is 0 Å². The molecule has 21 heavy (non-hydrogen) atoms. The van der Waals surface area contributed by atoms with Crippen molar-refractivity contribution in [1.82, 2.24) is 0 Å². The highest BCUT2D eigenvalue weighted by Crippen LogP contribution is 2.49. The highest BCUT2D eigenvalue weighted by atomic mass is 16.3. The lowest BCUT2D eigenvalue weighted by molar-refractivity contribution is -0.161. The monoisotopic (exact) mass is 281 g/mol. The first kappa shape index (κ1) is 13.8. The van der Waals surface area contributed by atoms with Crippen molar-refractivity contribution in [3.8, 4) is 0 Å². The summed E-state index contributed by atoms with van der Waals surface area (Å²) >= 11 is 0. The second kappa shape index (κ2) is 5.01. The molecule has 1 aliphatic heterocycles. The fourth-order valence-electron chi connectivity index (χ4n) is 3.01. The minimum Gasteiger partial charge on any atom is -0.377 e. The lowest BCUT2D eigenvalue weighted by Crippen LogP contribution is -2.71. The Bertz CT molecular complexity index is 639. The molecule has 1 aliphatic rings. The van der Waals surface area contributed by atoms with Gasteiger partial charge in [-0.3, -0.25) is 9.69 Å². The van der Waals surface area contributed by atoms with Gasteiger partial charge in [-0.15, -0.1) is 0 Å². The van der Waals surface area contributed by atoms with E-state index in [1.165, 1.54) is 0 Å². The predicted molar refractivity (Wildman–Crippen MR) is 82.9 cm³/mol. The first-order valence-corrected chi connectivity index (χ1v) is 7.23. The lowest BCUT2D eigenvalue weighted by atomic mass is 9.71. The molecule has 3 rings (SSSR count). The summed E-state index contributed by atoms with van der Waals surface area (Å²) in [7, 11) is 0. The summed E-state index contributed by atoms with van der Waals surface area (Å²) in [6.07, 6.45) is 0. The molecular weight excluding hydrogens is 262 g/mol. The van der Waals surface area contributed by atoms with E-state index in [0.717, 1.165) is 11.3 Å². The first-order valence-electron chi connectivity index (χ1n) is 7.23. The number of rotatable bonds is 3. The summed E-state index contributed by atoms with van der Waals surface area (Å²) in [6, 6.07) is 18.9. The van der Waals surface area contributed by atoms with Gasteiger partial charge in [0.1, 0.15) is 6.04 Å². The zero-order valence-corrected chi connectivity index (χ0v) is 12.2. The summed E-state index contributed by atoms with van der Waals surface area (Å²) in [5.74, 6) is -0.368. The van der Waals surface area contributed by atoms with Gasteiger partial charge in [0.25, 0.3) is 5.91 Å². The van der Waals surface area contributed by atoms with Gasteiger partial charge in [0.2, 0.25) is 0 Å². The molecule has 2 aromatic carbocycles. The fraction of sp³-hybridized carbons (Fsp3) is 0.278. The molecule has 0 unspecified atom stereocenters. The minimum absolute atomic E-state index is 0.143. The quantitative estimate of drug-likeness (QED) is 0.878. The van der Waals surface area contributed by atoms with Gasteiger partial charge in [0, 0.05) is 5.69 Å². The Morgan fingerprint density at radius 1 is 1.00 bits per heavy atom. The molecule has 0 saturated carbocycles. The maximum Gasteiger partial charge on any atom is 0.262 e. The van der Waals surface area contributed by atoms with E-state index in [-0.39, 0.29) is 17.9 Å². The number of nitrogens with zero attached hydrogens (tertiary/aromatic N) is 1. The summed E-state index contributed by atoms with van der Waals surface area (Å²) in [4.78, 5) is 14.3. The zero-order chi connectivity index (χ0) is 15.0. The predicted octanol–water partition coefficient (Wildman–Crippen LogP) is 3.16. The number of para-hydroxylation sites is 1.